The maximum atomic E-state index is 12.3. The zero-order chi connectivity index (χ0) is 13.3. The molecule has 0 heterocycles. The second-order valence-corrected chi connectivity index (χ2v) is 6.09. The third-order valence-corrected chi connectivity index (χ3v) is 4.99. The summed E-state index contributed by atoms with van der Waals surface area (Å²) in [5, 5.41) is 0. The van der Waals surface area contributed by atoms with Gasteiger partial charge in [0.05, 0.1) is 5.60 Å². The fraction of sp³-hybridized carbons (Fsp3) is 0.588. The van der Waals surface area contributed by atoms with E-state index < -0.39 is 0 Å². The summed E-state index contributed by atoms with van der Waals surface area (Å²) in [6.45, 7) is 0. The summed E-state index contributed by atoms with van der Waals surface area (Å²) < 4.78 is 5.53. The Balaban J connectivity index is 1.66. The largest absolute Gasteiger partial charge is 0.378 e. The molecule has 2 nitrogen and oxygen atoms in total. The molecule has 0 atom stereocenters. The van der Waals surface area contributed by atoms with Crippen LogP contribution in [0.4, 0.5) is 0 Å². The highest BCUT2D eigenvalue weighted by Crippen LogP contribution is 2.39. The van der Waals surface area contributed by atoms with Crippen LogP contribution in [0, 0.1) is 0 Å². The number of methoxy groups -OCH3 is 1. The number of carbonyl (C=O) groups is 1. The number of ketones is 1. The van der Waals surface area contributed by atoms with Crippen molar-refractivity contribution < 1.29 is 9.53 Å². The second-order valence-electron chi connectivity index (χ2n) is 6.09. The number of hydrogen-bond donors (Lipinski definition) is 0. The minimum atomic E-state index is -0.163. The molecule has 0 amide bonds. The molecular weight excluding hydrogens is 236 g/mol. The van der Waals surface area contributed by atoms with Gasteiger partial charge in [0.1, 0.15) is 0 Å². The molecule has 0 bridgehead atoms. The summed E-state index contributed by atoms with van der Waals surface area (Å²) in [5.41, 5.74) is 2.07. The Morgan fingerprint density at radius 2 is 1.89 bits per heavy atom. The van der Waals surface area contributed by atoms with E-state index in [1.807, 2.05) is 12.1 Å². The fourth-order valence-corrected chi connectivity index (χ4v) is 3.10. The van der Waals surface area contributed by atoms with Gasteiger partial charge in [0.15, 0.2) is 5.78 Å². The first kappa shape index (κ1) is 12.9. The van der Waals surface area contributed by atoms with E-state index in [4.69, 9.17) is 4.74 Å². The van der Waals surface area contributed by atoms with Crippen molar-refractivity contribution in [1.82, 2.24) is 0 Å². The van der Waals surface area contributed by atoms with Crippen LogP contribution in [0.3, 0.4) is 0 Å². The van der Waals surface area contributed by atoms with E-state index >= 15 is 0 Å². The Morgan fingerprint density at radius 3 is 2.32 bits per heavy atom. The molecular formula is C17H22O2. The smallest absolute Gasteiger partial charge is 0.165 e. The summed E-state index contributed by atoms with van der Waals surface area (Å²) in [4.78, 5) is 12.3. The van der Waals surface area contributed by atoms with Gasteiger partial charge in [-0.05, 0) is 43.6 Å². The summed E-state index contributed by atoms with van der Waals surface area (Å²) in [6, 6.07) is 8.27. The van der Waals surface area contributed by atoms with E-state index in [0.29, 0.717) is 6.42 Å². The first-order valence-electron chi connectivity index (χ1n) is 7.41. The molecule has 1 aromatic carbocycles. The molecule has 2 heteroatoms. The molecule has 2 aliphatic carbocycles. The lowest BCUT2D eigenvalue weighted by Gasteiger charge is -2.40. The van der Waals surface area contributed by atoms with Gasteiger partial charge in [-0.15, -0.1) is 0 Å². The van der Waals surface area contributed by atoms with E-state index in [-0.39, 0.29) is 11.4 Å². The number of benzene rings is 1. The summed E-state index contributed by atoms with van der Waals surface area (Å²) >= 11 is 0. The molecule has 2 fully saturated rings. The zero-order valence-electron chi connectivity index (χ0n) is 11.7. The van der Waals surface area contributed by atoms with Crippen molar-refractivity contribution in [3.8, 4) is 0 Å². The maximum absolute atomic E-state index is 12.3. The molecule has 2 saturated carbocycles. The molecule has 0 aromatic heterocycles. The van der Waals surface area contributed by atoms with Gasteiger partial charge in [-0.2, -0.15) is 0 Å². The number of ether oxygens (including phenoxy) is 1. The van der Waals surface area contributed by atoms with Crippen molar-refractivity contribution in [2.45, 2.75) is 56.5 Å². The summed E-state index contributed by atoms with van der Waals surface area (Å²) in [5.74, 6) is 0.961. The Hall–Kier alpha value is -1.15. The van der Waals surface area contributed by atoms with Gasteiger partial charge < -0.3 is 4.74 Å². The minimum Gasteiger partial charge on any atom is -0.378 e. The molecule has 3 rings (SSSR count). The highest BCUT2D eigenvalue weighted by atomic mass is 16.5. The SMILES string of the molecule is COC1(CC(=O)c2ccc(C3CCC3)cc2)CCC1. The Labute approximate surface area is 115 Å². The molecule has 0 aliphatic heterocycles. The number of hydrogen-bond acceptors (Lipinski definition) is 2. The topological polar surface area (TPSA) is 26.3 Å². The monoisotopic (exact) mass is 258 g/mol. The normalized spacial score (nSPS) is 21.5. The van der Waals surface area contributed by atoms with Crippen LogP contribution in [-0.2, 0) is 4.74 Å². The Kier molecular flexibility index (Phi) is 3.44. The van der Waals surface area contributed by atoms with Crippen molar-refractivity contribution in [3.63, 3.8) is 0 Å². The molecule has 1 aromatic rings. The summed E-state index contributed by atoms with van der Waals surface area (Å²) in [7, 11) is 1.73. The van der Waals surface area contributed by atoms with Crippen LogP contribution in [0.25, 0.3) is 0 Å². The highest BCUT2D eigenvalue weighted by Gasteiger charge is 2.39. The van der Waals surface area contributed by atoms with Gasteiger partial charge in [0, 0.05) is 19.1 Å². The van der Waals surface area contributed by atoms with Crippen LogP contribution < -0.4 is 0 Å². The van der Waals surface area contributed by atoms with Gasteiger partial charge in [-0.3, -0.25) is 4.79 Å². The van der Waals surface area contributed by atoms with Crippen molar-refractivity contribution in [1.29, 1.82) is 0 Å². The van der Waals surface area contributed by atoms with E-state index in [0.717, 1.165) is 24.3 Å². The quantitative estimate of drug-likeness (QED) is 0.743. The van der Waals surface area contributed by atoms with Crippen molar-refractivity contribution in [3.05, 3.63) is 35.4 Å². The highest BCUT2D eigenvalue weighted by molar-refractivity contribution is 5.96. The lowest BCUT2D eigenvalue weighted by Crippen LogP contribution is -2.41. The van der Waals surface area contributed by atoms with E-state index in [2.05, 4.69) is 12.1 Å². The van der Waals surface area contributed by atoms with Crippen LogP contribution in [0.1, 0.15) is 66.8 Å². The third-order valence-electron chi connectivity index (χ3n) is 4.99. The lowest BCUT2D eigenvalue weighted by molar-refractivity contribution is -0.0704. The fourth-order valence-electron chi connectivity index (χ4n) is 3.10. The zero-order valence-corrected chi connectivity index (χ0v) is 11.7. The predicted molar refractivity (Wildman–Crippen MR) is 75.6 cm³/mol. The van der Waals surface area contributed by atoms with Gasteiger partial charge in [-0.1, -0.05) is 30.7 Å². The van der Waals surface area contributed by atoms with Crippen LogP contribution in [0.2, 0.25) is 0 Å². The molecule has 0 spiro atoms. The van der Waals surface area contributed by atoms with E-state index in [1.165, 1.54) is 31.2 Å². The van der Waals surface area contributed by atoms with Crippen molar-refractivity contribution in [2.24, 2.45) is 0 Å². The average molecular weight is 258 g/mol. The van der Waals surface area contributed by atoms with Crippen LogP contribution >= 0.6 is 0 Å². The molecule has 102 valence electrons. The molecule has 19 heavy (non-hydrogen) atoms. The summed E-state index contributed by atoms with van der Waals surface area (Å²) in [6.07, 6.45) is 7.72. The minimum absolute atomic E-state index is 0.163. The maximum Gasteiger partial charge on any atom is 0.165 e. The van der Waals surface area contributed by atoms with Gasteiger partial charge >= 0.3 is 0 Å². The van der Waals surface area contributed by atoms with E-state index in [9.17, 15) is 4.79 Å². The number of carbonyl (C=O) groups excluding carboxylic acids is 1. The predicted octanol–water partition coefficient (Wildman–Crippen LogP) is 4.10. The van der Waals surface area contributed by atoms with Gasteiger partial charge in [-0.25, -0.2) is 0 Å². The standard InChI is InChI=1S/C17H22O2/c1-19-17(10-3-11-17)12-16(18)15-8-6-14(7-9-15)13-4-2-5-13/h6-9,13H,2-5,10-12H2,1H3. The molecule has 2 aliphatic rings. The Morgan fingerprint density at radius 1 is 1.21 bits per heavy atom. The molecule has 0 unspecified atom stereocenters. The third kappa shape index (κ3) is 2.46. The number of rotatable bonds is 5. The van der Waals surface area contributed by atoms with Crippen LogP contribution in [-0.4, -0.2) is 18.5 Å². The lowest BCUT2D eigenvalue weighted by atomic mass is 9.75. The van der Waals surface area contributed by atoms with Gasteiger partial charge in [0.2, 0.25) is 0 Å². The van der Waals surface area contributed by atoms with Crippen LogP contribution in [0.5, 0.6) is 0 Å². The van der Waals surface area contributed by atoms with E-state index in [1.54, 1.807) is 7.11 Å². The molecule has 0 radical (unpaired) electrons. The first-order valence-corrected chi connectivity index (χ1v) is 7.41. The first-order chi connectivity index (χ1) is 9.22. The van der Waals surface area contributed by atoms with Crippen molar-refractivity contribution >= 4 is 5.78 Å². The average Bonchev–Trinajstić information content (AvgIpc) is 2.32. The molecule has 0 saturated heterocycles. The molecule has 0 N–H and O–H groups in total. The Bertz CT molecular complexity index is 447. The van der Waals surface area contributed by atoms with Crippen molar-refractivity contribution in [2.75, 3.05) is 7.11 Å². The van der Waals surface area contributed by atoms with Crippen LogP contribution in [0.15, 0.2) is 24.3 Å². The van der Waals surface area contributed by atoms with Gasteiger partial charge in [0.25, 0.3) is 0 Å². The number of Topliss-reactive ketones (excluding diaryl/α,β-unsaturated/α-hetero) is 1. The second kappa shape index (κ2) is 5.09.